The molecule has 0 radical (unpaired) electrons. The Morgan fingerprint density at radius 1 is 1.50 bits per heavy atom. The van der Waals surface area contributed by atoms with Gasteiger partial charge in [-0.2, -0.15) is 11.8 Å². The summed E-state index contributed by atoms with van der Waals surface area (Å²) < 4.78 is 2.28. The lowest BCUT2D eigenvalue weighted by atomic mass is 9.96. The van der Waals surface area contributed by atoms with Gasteiger partial charge in [0.1, 0.15) is 0 Å². The van der Waals surface area contributed by atoms with Gasteiger partial charge in [0, 0.05) is 30.4 Å². The van der Waals surface area contributed by atoms with E-state index in [1.165, 1.54) is 11.4 Å². The smallest absolute Gasteiger partial charge is 0.164 e. The van der Waals surface area contributed by atoms with Crippen molar-refractivity contribution in [3.05, 3.63) is 23.5 Å². The van der Waals surface area contributed by atoms with Crippen molar-refractivity contribution in [3.8, 4) is 0 Å². The first-order chi connectivity index (χ1) is 7.72. The maximum Gasteiger partial charge on any atom is 0.164 e. The number of Topliss-reactive ketones (excluding diaryl/α,β-unsaturated/α-hetero) is 1. The van der Waals surface area contributed by atoms with Gasteiger partial charge in [0.05, 0.1) is 0 Å². The molecule has 2 rings (SSSR count). The van der Waals surface area contributed by atoms with E-state index in [1.54, 1.807) is 0 Å². The van der Waals surface area contributed by atoms with Crippen molar-refractivity contribution in [2.45, 2.75) is 32.7 Å². The summed E-state index contributed by atoms with van der Waals surface area (Å²) in [6, 6.07) is 2.00. The van der Waals surface area contributed by atoms with Crippen molar-refractivity contribution >= 4 is 17.5 Å². The van der Waals surface area contributed by atoms with E-state index in [0.29, 0.717) is 11.7 Å². The Morgan fingerprint density at radius 2 is 2.31 bits per heavy atom. The van der Waals surface area contributed by atoms with Crippen LogP contribution in [0.1, 0.15) is 35.8 Å². The lowest BCUT2D eigenvalue weighted by Crippen LogP contribution is -2.16. The van der Waals surface area contributed by atoms with Crippen LogP contribution >= 0.6 is 11.8 Å². The second-order valence-corrected chi connectivity index (χ2v) is 5.58. The number of carbonyl (C=O) groups excluding carboxylic acids is 1. The predicted molar refractivity (Wildman–Crippen MR) is 69.2 cm³/mol. The number of hydrogen-bond donors (Lipinski definition) is 0. The number of ketones is 1. The van der Waals surface area contributed by atoms with Gasteiger partial charge in [-0.05, 0) is 36.8 Å². The highest BCUT2D eigenvalue weighted by atomic mass is 32.2. The monoisotopic (exact) mass is 237 g/mol. The van der Waals surface area contributed by atoms with E-state index in [2.05, 4.69) is 23.9 Å². The summed E-state index contributed by atoms with van der Waals surface area (Å²) in [5, 5.41) is 0. The molecule has 0 saturated carbocycles. The highest BCUT2D eigenvalue weighted by molar-refractivity contribution is 7.98. The molecule has 0 aromatic carbocycles. The second-order valence-electron chi connectivity index (χ2n) is 4.67. The van der Waals surface area contributed by atoms with Crippen molar-refractivity contribution in [2.75, 3.05) is 12.0 Å². The van der Waals surface area contributed by atoms with Crippen molar-refractivity contribution in [1.29, 1.82) is 0 Å². The Hall–Kier alpha value is -0.700. The van der Waals surface area contributed by atoms with Crippen LogP contribution in [0.5, 0.6) is 0 Å². The molecule has 1 aromatic rings. The average molecular weight is 237 g/mol. The van der Waals surface area contributed by atoms with Crippen LogP contribution in [0.25, 0.3) is 0 Å². The van der Waals surface area contributed by atoms with Crippen LogP contribution < -0.4 is 0 Å². The van der Waals surface area contributed by atoms with Crippen LogP contribution in [-0.2, 0) is 13.0 Å². The fraction of sp³-hybridized carbons (Fsp3) is 0.615. The van der Waals surface area contributed by atoms with Gasteiger partial charge in [0.15, 0.2) is 5.78 Å². The molecule has 0 bridgehead atoms. The quantitative estimate of drug-likeness (QED) is 0.803. The van der Waals surface area contributed by atoms with Gasteiger partial charge >= 0.3 is 0 Å². The van der Waals surface area contributed by atoms with E-state index in [-0.39, 0.29) is 0 Å². The molecular weight excluding hydrogens is 218 g/mol. The maximum atomic E-state index is 11.7. The molecule has 0 N–H and O–H groups in total. The summed E-state index contributed by atoms with van der Waals surface area (Å²) >= 11 is 1.89. The minimum atomic E-state index is 0.331. The topological polar surface area (TPSA) is 22.0 Å². The summed E-state index contributed by atoms with van der Waals surface area (Å²) in [5.41, 5.74) is 2.24. The van der Waals surface area contributed by atoms with Crippen molar-refractivity contribution in [3.63, 3.8) is 0 Å². The zero-order valence-electron chi connectivity index (χ0n) is 10.0. The summed E-state index contributed by atoms with van der Waals surface area (Å²) in [7, 11) is 0. The molecule has 0 saturated heterocycles. The normalized spacial score (nSPS) is 17.2. The zero-order chi connectivity index (χ0) is 11.5. The van der Waals surface area contributed by atoms with Gasteiger partial charge in [0.2, 0.25) is 0 Å². The maximum absolute atomic E-state index is 11.7. The minimum Gasteiger partial charge on any atom is -0.350 e. The Balaban J connectivity index is 2.14. The van der Waals surface area contributed by atoms with E-state index in [9.17, 15) is 4.79 Å². The first-order valence-corrected chi connectivity index (χ1v) is 7.32. The zero-order valence-corrected chi connectivity index (χ0v) is 10.8. The number of aromatic nitrogens is 1. The number of fused-ring (bicyclic) bond motifs is 1. The van der Waals surface area contributed by atoms with Crippen LogP contribution in [0, 0.1) is 5.92 Å². The SMILES string of the molecule is CSCC(C)Cn1ccc2c1CCCC2=O. The summed E-state index contributed by atoms with van der Waals surface area (Å²) in [6.45, 7) is 3.32. The van der Waals surface area contributed by atoms with Crippen molar-refractivity contribution in [2.24, 2.45) is 5.92 Å². The molecule has 2 nitrogen and oxygen atoms in total. The molecule has 0 spiro atoms. The molecule has 0 fully saturated rings. The highest BCUT2D eigenvalue weighted by Crippen LogP contribution is 2.23. The van der Waals surface area contributed by atoms with E-state index in [4.69, 9.17) is 0 Å². The molecule has 0 amide bonds. The van der Waals surface area contributed by atoms with Gasteiger partial charge in [0.25, 0.3) is 0 Å². The molecule has 3 heteroatoms. The molecule has 88 valence electrons. The first-order valence-electron chi connectivity index (χ1n) is 5.92. The minimum absolute atomic E-state index is 0.331. The molecule has 1 heterocycles. The van der Waals surface area contributed by atoms with Gasteiger partial charge < -0.3 is 4.57 Å². The first kappa shape index (κ1) is 11.8. The van der Waals surface area contributed by atoms with E-state index < -0.39 is 0 Å². The standard InChI is InChI=1S/C13H19NOS/c1-10(9-16-2)8-14-7-6-11-12(14)4-3-5-13(11)15/h6-7,10H,3-5,8-9H2,1-2H3. The van der Waals surface area contributed by atoms with Crippen molar-refractivity contribution < 1.29 is 4.79 Å². The Kier molecular flexibility index (Phi) is 3.74. The third-order valence-corrected chi connectivity index (χ3v) is 4.06. The van der Waals surface area contributed by atoms with Gasteiger partial charge in [-0.25, -0.2) is 0 Å². The number of thioether (sulfide) groups is 1. The second kappa shape index (κ2) is 5.09. The Labute approximate surface area is 101 Å². The number of carbonyl (C=O) groups is 1. The van der Waals surface area contributed by atoms with Crippen molar-refractivity contribution in [1.82, 2.24) is 4.57 Å². The summed E-state index contributed by atoms with van der Waals surface area (Å²) in [4.78, 5) is 11.7. The number of hydrogen-bond acceptors (Lipinski definition) is 2. The van der Waals surface area contributed by atoms with Gasteiger partial charge in [-0.3, -0.25) is 4.79 Å². The molecule has 1 aliphatic rings. The lowest BCUT2D eigenvalue weighted by Gasteiger charge is -2.17. The third kappa shape index (κ3) is 2.34. The van der Waals surface area contributed by atoms with Gasteiger partial charge in [-0.15, -0.1) is 0 Å². The van der Waals surface area contributed by atoms with Crippen LogP contribution in [0.15, 0.2) is 12.3 Å². The van der Waals surface area contributed by atoms with E-state index >= 15 is 0 Å². The van der Waals surface area contributed by atoms with E-state index in [1.807, 2.05) is 17.8 Å². The van der Waals surface area contributed by atoms with Crippen LogP contribution in [0.2, 0.25) is 0 Å². The van der Waals surface area contributed by atoms with Crippen LogP contribution in [0.3, 0.4) is 0 Å². The number of nitrogens with zero attached hydrogens (tertiary/aromatic N) is 1. The fourth-order valence-corrected chi connectivity index (χ4v) is 3.11. The fourth-order valence-electron chi connectivity index (χ4n) is 2.43. The Bertz CT molecular complexity index is 383. The molecule has 1 aliphatic carbocycles. The molecular formula is C13H19NOS. The summed E-state index contributed by atoms with van der Waals surface area (Å²) in [6.07, 6.45) is 7.06. The number of rotatable bonds is 4. The van der Waals surface area contributed by atoms with Crippen LogP contribution in [0.4, 0.5) is 0 Å². The molecule has 1 unspecified atom stereocenters. The molecule has 0 aliphatic heterocycles. The van der Waals surface area contributed by atoms with Gasteiger partial charge in [-0.1, -0.05) is 6.92 Å². The lowest BCUT2D eigenvalue weighted by molar-refractivity contribution is 0.0971. The molecule has 1 atom stereocenters. The average Bonchev–Trinajstić information content (AvgIpc) is 2.64. The molecule has 1 aromatic heterocycles. The predicted octanol–water partition coefficient (Wildman–Crippen LogP) is 3.01. The Morgan fingerprint density at radius 3 is 3.06 bits per heavy atom. The molecule has 16 heavy (non-hydrogen) atoms. The third-order valence-electron chi connectivity index (χ3n) is 3.16. The largest absolute Gasteiger partial charge is 0.350 e. The van der Waals surface area contributed by atoms with Crippen LogP contribution in [-0.4, -0.2) is 22.4 Å². The highest BCUT2D eigenvalue weighted by Gasteiger charge is 2.20. The summed E-state index contributed by atoms with van der Waals surface area (Å²) in [5.74, 6) is 2.18. The van der Waals surface area contributed by atoms with E-state index in [0.717, 1.165) is 31.4 Å².